The van der Waals surface area contributed by atoms with Gasteiger partial charge in [0.2, 0.25) is 5.95 Å². The molecule has 0 aromatic carbocycles. The zero-order chi connectivity index (χ0) is 12.5. The van der Waals surface area contributed by atoms with E-state index in [1.807, 2.05) is 25.3 Å². The molecule has 2 heterocycles. The van der Waals surface area contributed by atoms with Crippen LogP contribution in [0.15, 0.2) is 22.8 Å². The van der Waals surface area contributed by atoms with Crippen molar-refractivity contribution < 1.29 is 4.74 Å². The van der Waals surface area contributed by atoms with Crippen molar-refractivity contribution in [2.24, 2.45) is 0 Å². The predicted molar refractivity (Wildman–Crippen MR) is 72.7 cm³/mol. The lowest BCUT2D eigenvalue weighted by Gasteiger charge is -2.34. The lowest BCUT2D eigenvalue weighted by molar-refractivity contribution is 0.00286. The van der Waals surface area contributed by atoms with Crippen molar-refractivity contribution in [3.63, 3.8) is 0 Å². The minimum absolute atomic E-state index is 0.402. The molecule has 0 unspecified atom stereocenters. The molecule has 1 fully saturated rings. The number of fused-ring (bicyclic) bond motifs is 1. The number of aromatic nitrogens is 3. The number of nitrogens with one attached hydrogen (secondary N) is 1. The van der Waals surface area contributed by atoms with Gasteiger partial charge in [0.25, 0.3) is 0 Å². The van der Waals surface area contributed by atoms with Crippen molar-refractivity contribution in [1.29, 1.82) is 0 Å². The van der Waals surface area contributed by atoms with Gasteiger partial charge in [0, 0.05) is 23.3 Å². The van der Waals surface area contributed by atoms with Crippen LogP contribution in [0, 0.1) is 0 Å². The highest BCUT2D eigenvalue weighted by atomic mass is 79.9. The zero-order valence-electron chi connectivity index (χ0n) is 10.1. The fraction of sp³-hybridized carbons (Fsp3) is 0.500. The number of pyridine rings is 1. The van der Waals surface area contributed by atoms with Crippen molar-refractivity contribution in [2.45, 2.75) is 31.9 Å². The number of nitrogens with zero attached hydrogens (tertiary/aromatic N) is 3. The standard InChI is InChI=1S/C12H15BrN4O/c1-2-18-10-5-9(6-10)14-12-15-11-4-3-8(13)7-17(11)16-12/h3-4,7,9-10H,2,5-6H2,1H3,(H,14,16). The summed E-state index contributed by atoms with van der Waals surface area (Å²) >= 11 is 3.42. The van der Waals surface area contributed by atoms with Crippen LogP contribution in [0.25, 0.3) is 5.65 Å². The van der Waals surface area contributed by atoms with Crippen LogP contribution in [0.5, 0.6) is 0 Å². The minimum Gasteiger partial charge on any atom is -0.378 e. The molecule has 0 bridgehead atoms. The lowest BCUT2D eigenvalue weighted by atomic mass is 9.89. The molecule has 3 rings (SSSR count). The van der Waals surface area contributed by atoms with Crippen molar-refractivity contribution >= 4 is 27.5 Å². The Morgan fingerprint density at radius 2 is 2.33 bits per heavy atom. The van der Waals surface area contributed by atoms with Gasteiger partial charge in [0.1, 0.15) is 0 Å². The number of anilines is 1. The Labute approximate surface area is 114 Å². The molecule has 6 heteroatoms. The van der Waals surface area contributed by atoms with Gasteiger partial charge in [-0.3, -0.25) is 0 Å². The molecule has 0 radical (unpaired) electrons. The number of ether oxygens (including phenoxy) is 1. The second-order valence-electron chi connectivity index (χ2n) is 4.48. The van der Waals surface area contributed by atoms with E-state index >= 15 is 0 Å². The largest absolute Gasteiger partial charge is 0.378 e. The van der Waals surface area contributed by atoms with E-state index in [4.69, 9.17) is 4.74 Å². The van der Waals surface area contributed by atoms with E-state index in [-0.39, 0.29) is 0 Å². The fourth-order valence-corrected chi connectivity index (χ4v) is 2.48. The molecule has 0 spiro atoms. The van der Waals surface area contributed by atoms with Crippen molar-refractivity contribution in [2.75, 3.05) is 11.9 Å². The highest BCUT2D eigenvalue weighted by Crippen LogP contribution is 2.26. The summed E-state index contributed by atoms with van der Waals surface area (Å²) in [7, 11) is 0. The van der Waals surface area contributed by atoms with Gasteiger partial charge in [0.05, 0.1) is 6.10 Å². The first-order valence-electron chi connectivity index (χ1n) is 6.14. The number of rotatable bonds is 4. The summed E-state index contributed by atoms with van der Waals surface area (Å²) in [4.78, 5) is 4.43. The van der Waals surface area contributed by atoms with Gasteiger partial charge in [0.15, 0.2) is 5.65 Å². The Bertz CT molecular complexity index is 550. The molecule has 0 amide bonds. The summed E-state index contributed by atoms with van der Waals surface area (Å²) in [5, 5.41) is 7.73. The Kier molecular flexibility index (Phi) is 3.22. The van der Waals surface area contributed by atoms with Crippen molar-refractivity contribution in [1.82, 2.24) is 14.6 Å². The highest BCUT2D eigenvalue weighted by Gasteiger charge is 2.30. The normalized spacial score (nSPS) is 23.0. The van der Waals surface area contributed by atoms with E-state index in [0.717, 1.165) is 29.6 Å². The second-order valence-corrected chi connectivity index (χ2v) is 5.39. The monoisotopic (exact) mass is 310 g/mol. The van der Waals surface area contributed by atoms with Crippen LogP contribution >= 0.6 is 15.9 Å². The molecule has 96 valence electrons. The molecule has 1 saturated carbocycles. The van der Waals surface area contributed by atoms with Gasteiger partial charge < -0.3 is 10.1 Å². The van der Waals surface area contributed by atoms with Crippen LogP contribution in [0.2, 0.25) is 0 Å². The number of hydrogen-bond acceptors (Lipinski definition) is 4. The van der Waals surface area contributed by atoms with Crippen LogP contribution in [0.4, 0.5) is 5.95 Å². The topological polar surface area (TPSA) is 51.5 Å². The van der Waals surface area contributed by atoms with E-state index < -0.39 is 0 Å². The van der Waals surface area contributed by atoms with Gasteiger partial charge >= 0.3 is 0 Å². The van der Waals surface area contributed by atoms with Gasteiger partial charge in [-0.15, -0.1) is 5.10 Å². The van der Waals surface area contributed by atoms with Crippen LogP contribution in [0.3, 0.4) is 0 Å². The van der Waals surface area contributed by atoms with Crippen LogP contribution in [-0.2, 0) is 4.74 Å². The van der Waals surface area contributed by atoms with Crippen LogP contribution in [-0.4, -0.2) is 33.4 Å². The first kappa shape index (κ1) is 11.9. The van der Waals surface area contributed by atoms with E-state index in [0.29, 0.717) is 18.1 Å². The van der Waals surface area contributed by atoms with E-state index in [2.05, 4.69) is 31.3 Å². The molecular weight excluding hydrogens is 296 g/mol. The first-order chi connectivity index (χ1) is 8.74. The first-order valence-corrected chi connectivity index (χ1v) is 6.94. The molecule has 1 aliphatic rings. The fourth-order valence-electron chi connectivity index (χ4n) is 2.16. The molecule has 1 aliphatic carbocycles. The van der Waals surface area contributed by atoms with Crippen LogP contribution < -0.4 is 5.32 Å². The average molecular weight is 311 g/mol. The molecule has 5 nitrogen and oxygen atoms in total. The third-order valence-electron chi connectivity index (χ3n) is 3.13. The van der Waals surface area contributed by atoms with Crippen molar-refractivity contribution in [3.8, 4) is 0 Å². The summed E-state index contributed by atoms with van der Waals surface area (Å²) in [5.74, 6) is 0.688. The molecule has 0 atom stereocenters. The maximum atomic E-state index is 5.53. The molecule has 2 aromatic heterocycles. The predicted octanol–water partition coefficient (Wildman–Crippen LogP) is 2.47. The Morgan fingerprint density at radius 1 is 1.50 bits per heavy atom. The van der Waals surface area contributed by atoms with E-state index in [9.17, 15) is 0 Å². The summed E-state index contributed by atoms with van der Waals surface area (Å²) in [6, 6.07) is 4.33. The Balaban J connectivity index is 1.65. The summed E-state index contributed by atoms with van der Waals surface area (Å²) < 4.78 is 8.29. The Hall–Kier alpha value is -1.14. The quantitative estimate of drug-likeness (QED) is 0.942. The molecule has 2 aromatic rings. The second kappa shape index (κ2) is 4.85. The van der Waals surface area contributed by atoms with Gasteiger partial charge in [-0.1, -0.05) is 0 Å². The molecular formula is C12H15BrN4O. The molecule has 18 heavy (non-hydrogen) atoms. The molecule has 0 aliphatic heterocycles. The maximum Gasteiger partial charge on any atom is 0.243 e. The van der Waals surface area contributed by atoms with Gasteiger partial charge in [-0.25, -0.2) is 4.52 Å². The minimum atomic E-state index is 0.402. The highest BCUT2D eigenvalue weighted by molar-refractivity contribution is 9.10. The summed E-state index contributed by atoms with van der Waals surface area (Å²) in [6.07, 6.45) is 4.37. The smallest absolute Gasteiger partial charge is 0.243 e. The molecule has 0 saturated heterocycles. The number of halogens is 1. The average Bonchev–Trinajstić information content (AvgIpc) is 2.68. The molecule has 1 N–H and O–H groups in total. The van der Waals surface area contributed by atoms with Gasteiger partial charge in [-0.05, 0) is 47.8 Å². The maximum absolute atomic E-state index is 5.53. The van der Waals surface area contributed by atoms with E-state index in [1.165, 1.54) is 0 Å². The van der Waals surface area contributed by atoms with Crippen molar-refractivity contribution in [3.05, 3.63) is 22.8 Å². The zero-order valence-corrected chi connectivity index (χ0v) is 11.7. The summed E-state index contributed by atoms with van der Waals surface area (Å²) in [6.45, 7) is 2.82. The van der Waals surface area contributed by atoms with E-state index in [1.54, 1.807) is 4.52 Å². The van der Waals surface area contributed by atoms with Gasteiger partial charge in [-0.2, -0.15) is 4.98 Å². The SMILES string of the molecule is CCOC1CC(Nc2nc3ccc(Br)cn3n2)C1. The third kappa shape index (κ3) is 2.35. The van der Waals surface area contributed by atoms with Crippen LogP contribution in [0.1, 0.15) is 19.8 Å². The third-order valence-corrected chi connectivity index (χ3v) is 3.59. The summed E-state index contributed by atoms with van der Waals surface area (Å²) in [5.41, 5.74) is 0.849. The number of hydrogen-bond donors (Lipinski definition) is 1. The Morgan fingerprint density at radius 3 is 3.11 bits per heavy atom. The lowest BCUT2D eigenvalue weighted by Crippen LogP contribution is -2.41.